The molecule has 1 aromatic carbocycles. The number of carbonyl (C=O) groups is 1. The molecule has 1 N–H and O–H groups in total. The summed E-state index contributed by atoms with van der Waals surface area (Å²) >= 11 is 0. The van der Waals surface area contributed by atoms with Crippen LogP contribution in [0.3, 0.4) is 0 Å². The maximum Gasteiger partial charge on any atom is 0.272 e. The minimum absolute atomic E-state index is 0.0338. The van der Waals surface area contributed by atoms with E-state index in [-0.39, 0.29) is 11.8 Å². The number of aromatic amines is 1. The summed E-state index contributed by atoms with van der Waals surface area (Å²) in [5.41, 5.74) is 5.06. The fraction of sp³-hybridized carbons (Fsp3) is 0.300. The first-order valence-corrected chi connectivity index (χ1v) is 8.88. The molecule has 1 fully saturated rings. The van der Waals surface area contributed by atoms with Crippen molar-refractivity contribution in [3.8, 4) is 11.1 Å². The molecule has 3 heterocycles. The van der Waals surface area contributed by atoms with Crippen molar-refractivity contribution < 1.29 is 4.79 Å². The van der Waals surface area contributed by atoms with Gasteiger partial charge in [0.05, 0.1) is 6.20 Å². The predicted octanol–water partition coefficient (Wildman–Crippen LogP) is 3.19. The molecule has 26 heavy (non-hydrogen) atoms. The van der Waals surface area contributed by atoms with Gasteiger partial charge in [-0.15, -0.1) is 0 Å². The zero-order chi connectivity index (χ0) is 17.9. The third-order valence-corrected chi connectivity index (χ3v) is 4.95. The van der Waals surface area contributed by atoms with Crippen LogP contribution in [0, 0.1) is 6.92 Å². The molecule has 4 rings (SSSR count). The molecule has 1 aliphatic rings. The van der Waals surface area contributed by atoms with Crippen LogP contribution in [0.15, 0.2) is 49.1 Å². The molecule has 3 aromatic rings. The number of H-pyrrole nitrogens is 1. The number of hydrogen-bond acceptors (Lipinski definition) is 4. The van der Waals surface area contributed by atoms with Gasteiger partial charge >= 0.3 is 0 Å². The van der Waals surface area contributed by atoms with E-state index in [0.717, 1.165) is 36.2 Å². The molecule has 0 saturated carbocycles. The zero-order valence-electron chi connectivity index (χ0n) is 14.7. The Balaban J connectivity index is 1.57. The predicted molar refractivity (Wildman–Crippen MR) is 98.7 cm³/mol. The molecule has 6 nitrogen and oxygen atoms in total. The Morgan fingerprint density at radius 1 is 1.23 bits per heavy atom. The van der Waals surface area contributed by atoms with E-state index in [1.54, 1.807) is 12.3 Å². The summed E-state index contributed by atoms with van der Waals surface area (Å²) in [5.74, 6) is 0.210. The van der Waals surface area contributed by atoms with Crippen LogP contribution in [0.1, 0.15) is 40.5 Å². The van der Waals surface area contributed by atoms with Crippen LogP contribution in [-0.2, 0) is 0 Å². The Morgan fingerprint density at radius 3 is 2.85 bits per heavy atom. The second-order valence-electron chi connectivity index (χ2n) is 6.75. The molecule has 2 aromatic heterocycles. The molecule has 0 radical (unpaired) electrons. The Morgan fingerprint density at radius 2 is 2.08 bits per heavy atom. The van der Waals surface area contributed by atoms with Gasteiger partial charge in [0.2, 0.25) is 0 Å². The van der Waals surface area contributed by atoms with Crippen LogP contribution >= 0.6 is 0 Å². The highest BCUT2D eigenvalue weighted by molar-refractivity contribution is 5.92. The Kier molecular flexibility index (Phi) is 4.48. The second kappa shape index (κ2) is 7.07. The van der Waals surface area contributed by atoms with Gasteiger partial charge in [-0.05, 0) is 31.4 Å². The van der Waals surface area contributed by atoms with Gasteiger partial charge < -0.3 is 4.90 Å². The van der Waals surface area contributed by atoms with E-state index in [0.29, 0.717) is 12.2 Å². The van der Waals surface area contributed by atoms with Crippen molar-refractivity contribution in [2.45, 2.75) is 25.7 Å². The minimum atomic E-state index is -0.0338. The summed E-state index contributed by atoms with van der Waals surface area (Å²) in [7, 11) is 0. The van der Waals surface area contributed by atoms with Crippen molar-refractivity contribution in [3.63, 3.8) is 0 Å². The van der Waals surface area contributed by atoms with Gasteiger partial charge in [-0.2, -0.15) is 5.10 Å². The van der Waals surface area contributed by atoms with Crippen molar-refractivity contribution in [1.29, 1.82) is 0 Å². The molecule has 0 spiro atoms. The number of nitrogens with one attached hydrogen (secondary N) is 1. The number of aryl methyl sites for hydroxylation is 1. The zero-order valence-corrected chi connectivity index (χ0v) is 14.7. The highest BCUT2D eigenvalue weighted by atomic mass is 16.2. The molecule has 1 saturated heterocycles. The lowest BCUT2D eigenvalue weighted by Crippen LogP contribution is -2.39. The average Bonchev–Trinajstić information content (AvgIpc) is 3.19. The van der Waals surface area contributed by atoms with Gasteiger partial charge in [-0.3, -0.25) is 9.89 Å². The van der Waals surface area contributed by atoms with Crippen molar-refractivity contribution >= 4 is 5.91 Å². The molecule has 1 aliphatic heterocycles. The molecule has 132 valence electrons. The summed E-state index contributed by atoms with van der Waals surface area (Å²) in [5, 5.41) is 7.45. The van der Waals surface area contributed by atoms with Gasteiger partial charge in [0, 0.05) is 36.5 Å². The number of amides is 1. The van der Waals surface area contributed by atoms with E-state index in [1.165, 1.54) is 11.9 Å². The van der Waals surface area contributed by atoms with Crippen LogP contribution in [0.25, 0.3) is 11.1 Å². The van der Waals surface area contributed by atoms with Crippen molar-refractivity contribution in [3.05, 3.63) is 66.0 Å². The Bertz CT molecular complexity index is 888. The number of nitrogens with zero attached hydrogens (tertiary/aromatic N) is 4. The van der Waals surface area contributed by atoms with Crippen LogP contribution < -0.4 is 0 Å². The van der Waals surface area contributed by atoms with E-state index in [9.17, 15) is 4.79 Å². The Labute approximate surface area is 152 Å². The quantitative estimate of drug-likeness (QED) is 0.789. The van der Waals surface area contributed by atoms with E-state index in [1.807, 2.05) is 11.1 Å². The highest BCUT2D eigenvalue weighted by Crippen LogP contribution is 2.33. The minimum Gasteiger partial charge on any atom is -0.337 e. The van der Waals surface area contributed by atoms with Crippen LogP contribution in [0.2, 0.25) is 0 Å². The van der Waals surface area contributed by atoms with Crippen LogP contribution in [0.4, 0.5) is 0 Å². The van der Waals surface area contributed by atoms with Gasteiger partial charge in [0.15, 0.2) is 0 Å². The summed E-state index contributed by atoms with van der Waals surface area (Å²) in [6, 6.07) is 10.1. The first-order chi connectivity index (χ1) is 12.7. The molecular weight excluding hydrogens is 326 g/mol. The molecule has 1 atom stereocenters. The SMILES string of the molecule is Cc1ccc(-c2cn[nH]c2[C@@H]2CCCN(C(=O)c3ccncn3)C2)cc1. The van der Waals surface area contributed by atoms with E-state index in [2.05, 4.69) is 51.4 Å². The van der Waals surface area contributed by atoms with Gasteiger partial charge in [-0.25, -0.2) is 9.97 Å². The Hall–Kier alpha value is -3.02. The van der Waals surface area contributed by atoms with Crippen molar-refractivity contribution in [2.75, 3.05) is 13.1 Å². The number of carbonyl (C=O) groups excluding carboxylic acids is 1. The number of hydrogen-bond donors (Lipinski definition) is 1. The first kappa shape index (κ1) is 16.4. The third-order valence-electron chi connectivity index (χ3n) is 4.95. The first-order valence-electron chi connectivity index (χ1n) is 8.88. The largest absolute Gasteiger partial charge is 0.337 e. The van der Waals surface area contributed by atoms with Crippen LogP contribution in [0.5, 0.6) is 0 Å². The fourth-order valence-electron chi connectivity index (χ4n) is 3.55. The maximum atomic E-state index is 12.7. The molecule has 0 unspecified atom stereocenters. The molecule has 0 aliphatic carbocycles. The topological polar surface area (TPSA) is 74.8 Å². The standard InChI is InChI=1S/C20H21N5O/c1-14-4-6-15(7-5-14)17-11-23-24-19(17)16-3-2-10-25(12-16)20(26)18-8-9-21-13-22-18/h4-9,11,13,16H,2-3,10,12H2,1H3,(H,23,24)/t16-/m1/s1. The second-order valence-corrected chi connectivity index (χ2v) is 6.75. The lowest BCUT2D eigenvalue weighted by atomic mass is 9.90. The maximum absolute atomic E-state index is 12.7. The number of rotatable bonds is 3. The van der Waals surface area contributed by atoms with Crippen molar-refractivity contribution in [2.24, 2.45) is 0 Å². The van der Waals surface area contributed by atoms with E-state index in [4.69, 9.17) is 0 Å². The summed E-state index contributed by atoms with van der Waals surface area (Å²) in [6.07, 6.45) is 6.90. The lowest BCUT2D eigenvalue weighted by Gasteiger charge is -2.32. The molecule has 6 heteroatoms. The van der Waals surface area contributed by atoms with E-state index >= 15 is 0 Å². The summed E-state index contributed by atoms with van der Waals surface area (Å²) < 4.78 is 0. The monoisotopic (exact) mass is 347 g/mol. The number of piperidine rings is 1. The van der Waals surface area contributed by atoms with Gasteiger partial charge in [-0.1, -0.05) is 29.8 Å². The van der Waals surface area contributed by atoms with Gasteiger partial charge in [0.1, 0.15) is 12.0 Å². The number of aromatic nitrogens is 4. The fourth-order valence-corrected chi connectivity index (χ4v) is 3.55. The highest BCUT2D eigenvalue weighted by Gasteiger charge is 2.28. The smallest absolute Gasteiger partial charge is 0.272 e. The van der Waals surface area contributed by atoms with Crippen molar-refractivity contribution in [1.82, 2.24) is 25.1 Å². The average molecular weight is 347 g/mol. The van der Waals surface area contributed by atoms with Crippen LogP contribution in [-0.4, -0.2) is 44.1 Å². The molecule has 0 bridgehead atoms. The summed E-state index contributed by atoms with van der Waals surface area (Å²) in [6.45, 7) is 3.51. The molecular formula is C20H21N5O. The summed E-state index contributed by atoms with van der Waals surface area (Å²) in [4.78, 5) is 22.6. The normalized spacial score (nSPS) is 17.3. The van der Waals surface area contributed by atoms with E-state index < -0.39 is 0 Å². The number of likely N-dealkylation sites (tertiary alicyclic amines) is 1. The third kappa shape index (κ3) is 3.22. The number of benzene rings is 1. The van der Waals surface area contributed by atoms with Gasteiger partial charge in [0.25, 0.3) is 5.91 Å². The lowest BCUT2D eigenvalue weighted by molar-refractivity contribution is 0.0700. The molecule has 1 amide bonds.